The van der Waals surface area contributed by atoms with Crippen LogP contribution in [0.5, 0.6) is 0 Å². The van der Waals surface area contributed by atoms with E-state index < -0.39 is 5.60 Å². The van der Waals surface area contributed by atoms with Crippen LogP contribution in [0, 0.1) is 29.1 Å². The van der Waals surface area contributed by atoms with Crippen molar-refractivity contribution in [1.29, 1.82) is 0 Å². The van der Waals surface area contributed by atoms with Gasteiger partial charge in [-0.3, -0.25) is 4.79 Å². The van der Waals surface area contributed by atoms with Crippen LogP contribution in [0.15, 0.2) is 0 Å². The molecule has 3 heteroatoms. The molecule has 0 amide bonds. The predicted octanol–water partition coefficient (Wildman–Crippen LogP) is 1.37. The Labute approximate surface area is 102 Å². The maximum absolute atomic E-state index is 11.9. The molecule has 3 rings (SSSR count). The fourth-order valence-corrected chi connectivity index (χ4v) is 5.06. The maximum atomic E-state index is 11.9. The molecule has 0 aromatic heterocycles. The Bertz CT molecular complexity index is 366. The largest absolute Gasteiger partial charge is 0.396 e. The number of ketones is 1. The van der Waals surface area contributed by atoms with E-state index in [-0.39, 0.29) is 23.7 Å². The second kappa shape index (κ2) is 3.33. The summed E-state index contributed by atoms with van der Waals surface area (Å²) in [5.74, 6) is 1.06. The Morgan fingerprint density at radius 2 is 2.00 bits per heavy atom. The summed E-state index contributed by atoms with van der Waals surface area (Å²) in [6.45, 7) is 3.94. The topological polar surface area (TPSA) is 57.5 Å². The summed E-state index contributed by atoms with van der Waals surface area (Å²) >= 11 is 0. The third-order valence-electron chi connectivity index (χ3n) is 5.81. The van der Waals surface area contributed by atoms with E-state index in [1.165, 1.54) is 0 Å². The molecule has 0 saturated heterocycles. The van der Waals surface area contributed by atoms with E-state index >= 15 is 0 Å². The monoisotopic (exact) mass is 238 g/mol. The van der Waals surface area contributed by atoms with Crippen LogP contribution in [0.3, 0.4) is 0 Å². The molecule has 6 atom stereocenters. The van der Waals surface area contributed by atoms with Crippen molar-refractivity contribution >= 4 is 5.78 Å². The van der Waals surface area contributed by atoms with Gasteiger partial charge in [-0.2, -0.15) is 0 Å². The molecular weight excluding hydrogens is 216 g/mol. The molecule has 0 aliphatic heterocycles. The smallest absolute Gasteiger partial charge is 0.136 e. The molecule has 17 heavy (non-hydrogen) atoms. The lowest BCUT2D eigenvalue weighted by Gasteiger charge is -2.46. The molecule has 3 saturated carbocycles. The van der Waals surface area contributed by atoms with Gasteiger partial charge in [-0.05, 0) is 55.8 Å². The summed E-state index contributed by atoms with van der Waals surface area (Å²) in [5.41, 5.74) is -0.724. The van der Waals surface area contributed by atoms with E-state index in [1.54, 1.807) is 6.92 Å². The zero-order valence-corrected chi connectivity index (χ0v) is 10.6. The quantitative estimate of drug-likeness (QED) is 0.764. The van der Waals surface area contributed by atoms with Crippen LogP contribution in [-0.2, 0) is 4.79 Å². The molecule has 0 radical (unpaired) electrons. The molecule has 6 unspecified atom stereocenters. The molecule has 0 bridgehead atoms. The average Bonchev–Trinajstić information content (AvgIpc) is 2.61. The van der Waals surface area contributed by atoms with Crippen molar-refractivity contribution in [2.24, 2.45) is 29.1 Å². The highest BCUT2D eigenvalue weighted by molar-refractivity contribution is 5.81. The molecule has 96 valence electrons. The number of carbonyl (C=O) groups is 1. The fraction of sp³-hybridized carbons (Fsp3) is 0.929. The van der Waals surface area contributed by atoms with Gasteiger partial charge in [0.25, 0.3) is 0 Å². The molecule has 3 fully saturated rings. The third kappa shape index (κ3) is 1.33. The summed E-state index contributed by atoms with van der Waals surface area (Å²) in [4.78, 5) is 11.9. The van der Waals surface area contributed by atoms with Gasteiger partial charge in [0.2, 0.25) is 0 Å². The van der Waals surface area contributed by atoms with Crippen molar-refractivity contribution in [3.63, 3.8) is 0 Å². The molecule has 0 heterocycles. The number of aliphatic hydroxyl groups excluding tert-OH is 1. The van der Waals surface area contributed by atoms with Crippen LogP contribution < -0.4 is 0 Å². The second-order valence-corrected chi connectivity index (χ2v) is 6.93. The van der Waals surface area contributed by atoms with Crippen molar-refractivity contribution in [1.82, 2.24) is 0 Å². The minimum Gasteiger partial charge on any atom is -0.396 e. The van der Waals surface area contributed by atoms with E-state index in [0.29, 0.717) is 17.8 Å². The van der Waals surface area contributed by atoms with Gasteiger partial charge in [-0.25, -0.2) is 0 Å². The second-order valence-electron chi connectivity index (χ2n) is 6.93. The number of rotatable bonds is 2. The summed E-state index contributed by atoms with van der Waals surface area (Å²) in [5, 5.41) is 20.1. The molecule has 3 nitrogen and oxygen atoms in total. The molecular formula is C14H22O3. The minimum absolute atomic E-state index is 0.0278. The van der Waals surface area contributed by atoms with E-state index in [4.69, 9.17) is 0 Å². The average molecular weight is 238 g/mol. The Hall–Kier alpha value is -0.410. The number of hydrogen-bond donors (Lipinski definition) is 2. The Morgan fingerprint density at radius 1 is 1.35 bits per heavy atom. The fourth-order valence-electron chi connectivity index (χ4n) is 5.06. The standard InChI is InChI=1S/C14H22O3/c1-8(16)12-10-6-13(2,7-15)5-9(10)11-3-4-14(11,12)17/h9-12,15,17H,3-7H2,1-2H3. The Balaban J connectivity index is 1.93. The zero-order valence-electron chi connectivity index (χ0n) is 10.6. The molecule has 3 aliphatic rings. The van der Waals surface area contributed by atoms with Gasteiger partial charge in [0, 0.05) is 12.5 Å². The summed E-state index contributed by atoms with van der Waals surface area (Å²) in [6, 6.07) is 0. The van der Waals surface area contributed by atoms with Gasteiger partial charge in [0.15, 0.2) is 0 Å². The number of fused-ring (bicyclic) bond motifs is 3. The van der Waals surface area contributed by atoms with Crippen molar-refractivity contribution in [3.05, 3.63) is 0 Å². The highest BCUT2D eigenvalue weighted by Crippen LogP contribution is 2.67. The lowest BCUT2D eigenvalue weighted by Crippen LogP contribution is -2.52. The zero-order chi connectivity index (χ0) is 12.4. The van der Waals surface area contributed by atoms with E-state index in [0.717, 1.165) is 25.7 Å². The van der Waals surface area contributed by atoms with Gasteiger partial charge < -0.3 is 10.2 Å². The van der Waals surface area contributed by atoms with Gasteiger partial charge in [-0.1, -0.05) is 6.92 Å². The molecule has 0 spiro atoms. The van der Waals surface area contributed by atoms with Crippen LogP contribution in [0.2, 0.25) is 0 Å². The van der Waals surface area contributed by atoms with Gasteiger partial charge in [0.1, 0.15) is 5.78 Å². The molecule has 3 aliphatic carbocycles. The number of carbonyl (C=O) groups excluding carboxylic acids is 1. The van der Waals surface area contributed by atoms with Gasteiger partial charge >= 0.3 is 0 Å². The third-order valence-corrected chi connectivity index (χ3v) is 5.81. The van der Waals surface area contributed by atoms with E-state index in [2.05, 4.69) is 6.92 Å². The first kappa shape index (κ1) is 11.7. The summed E-state index contributed by atoms with van der Waals surface area (Å²) < 4.78 is 0. The minimum atomic E-state index is -0.696. The molecule has 2 N–H and O–H groups in total. The van der Waals surface area contributed by atoms with Crippen LogP contribution >= 0.6 is 0 Å². The number of aliphatic hydroxyl groups is 2. The molecule has 0 aromatic carbocycles. The van der Waals surface area contributed by atoms with Crippen molar-refractivity contribution in [2.45, 2.75) is 45.1 Å². The first-order valence-electron chi connectivity index (χ1n) is 6.75. The Kier molecular flexibility index (Phi) is 2.28. The predicted molar refractivity (Wildman–Crippen MR) is 63.3 cm³/mol. The number of hydrogen-bond acceptors (Lipinski definition) is 3. The van der Waals surface area contributed by atoms with Gasteiger partial charge in [0.05, 0.1) is 5.60 Å². The van der Waals surface area contributed by atoms with Crippen LogP contribution in [-0.4, -0.2) is 28.2 Å². The van der Waals surface area contributed by atoms with Crippen LogP contribution in [0.4, 0.5) is 0 Å². The van der Waals surface area contributed by atoms with Crippen molar-refractivity contribution < 1.29 is 15.0 Å². The van der Waals surface area contributed by atoms with E-state index in [9.17, 15) is 15.0 Å². The lowest BCUT2D eigenvalue weighted by molar-refractivity contribution is -0.147. The van der Waals surface area contributed by atoms with Crippen molar-refractivity contribution in [2.75, 3.05) is 6.61 Å². The first-order valence-corrected chi connectivity index (χ1v) is 6.75. The SMILES string of the molecule is CC(=O)C1C2CC(C)(CO)CC2C2CCC21O. The van der Waals surface area contributed by atoms with Crippen LogP contribution in [0.25, 0.3) is 0 Å². The number of Topliss-reactive ketones (excluding diaryl/α,β-unsaturated/α-hetero) is 1. The normalized spacial score (nSPS) is 56.2. The molecule has 0 aromatic rings. The highest BCUT2D eigenvalue weighted by atomic mass is 16.3. The lowest BCUT2D eigenvalue weighted by atomic mass is 9.63. The van der Waals surface area contributed by atoms with E-state index in [1.807, 2.05) is 0 Å². The summed E-state index contributed by atoms with van der Waals surface area (Å²) in [6.07, 6.45) is 3.73. The van der Waals surface area contributed by atoms with Gasteiger partial charge in [-0.15, -0.1) is 0 Å². The highest BCUT2D eigenvalue weighted by Gasteiger charge is 2.68. The Morgan fingerprint density at radius 3 is 2.47 bits per heavy atom. The van der Waals surface area contributed by atoms with Crippen molar-refractivity contribution in [3.8, 4) is 0 Å². The summed E-state index contributed by atoms with van der Waals surface area (Å²) in [7, 11) is 0. The first-order chi connectivity index (χ1) is 7.91. The van der Waals surface area contributed by atoms with Crippen LogP contribution in [0.1, 0.15) is 39.5 Å². The maximum Gasteiger partial charge on any atom is 0.136 e.